The van der Waals surface area contributed by atoms with E-state index in [2.05, 4.69) is 24.0 Å². The topological polar surface area (TPSA) is 67.3 Å². The van der Waals surface area contributed by atoms with Crippen molar-refractivity contribution >= 4 is 6.15 Å². The lowest BCUT2D eigenvalue weighted by molar-refractivity contribution is -0.191. The first kappa shape index (κ1) is 14.6. The highest BCUT2D eigenvalue weighted by atomic mass is 16.3. The van der Waals surface area contributed by atoms with Gasteiger partial charge in [0.2, 0.25) is 0 Å². The number of carbonyl (C=O) groups excluding carboxylic acids is 2. The number of rotatable bonds is 3. The molecule has 0 saturated heterocycles. The Labute approximate surface area is 107 Å². The summed E-state index contributed by atoms with van der Waals surface area (Å²) >= 11 is 0. The Kier molecular flexibility index (Phi) is 5.69. The van der Waals surface area contributed by atoms with Gasteiger partial charge in [0.1, 0.15) is 0 Å². The van der Waals surface area contributed by atoms with Crippen molar-refractivity contribution in [2.75, 3.05) is 6.61 Å². The molecule has 98 valence electrons. The van der Waals surface area contributed by atoms with Gasteiger partial charge in [0, 0.05) is 18.5 Å². The highest BCUT2D eigenvalue weighted by Gasteiger charge is 2.39. The minimum atomic E-state index is 0.250. The highest BCUT2D eigenvalue weighted by molar-refractivity contribution is 5.24. The Bertz CT molecular complexity index is 413. The second-order valence-corrected chi connectivity index (χ2v) is 4.67. The van der Waals surface area contributed by atoms with E-state index in [-0.39, 0.29) is 6.15 Å². The summed E-state index contributed by atoms with van der Waals surface area (Å²) in [5, 5.41) is 9.37. The molecule has 1 aromatic rings. The van der Waals surface area contributed by atoms with E-state index in [0.717, 1.165) is 5.69 Å². The van der Waals surface area contributed by atoms with Crippen molar-refractivity contribution in [2.24, 2.45) is 11.8 Å². The average Bonchev–Trinajstić information content (AvgIpc) is 2.30. The molecule has 1 aromatic heterocycles. The molecule has 0 radical (unpaired) electrons. The second-order valence-electron chi connectivity index (χ2n) is 4.67. The maximum Gasteiger partial charge on any atom is 0.373 e. The summed E-state index contributed by atoms with van der Waals surface area (Å²) in [6, 6.07) is 4.24. The fraction of sp³-hybridized carbons (Fsp3) is 0.571. The SMILES string of the molecule is CC[C@H]1C[C@@H](c2ccnc(C)c2)[C@@H]1CO.O=C=O. The minimum absolute atomic E-state index is 0.250. The number of hydrogen-bond donors (Lipinski definition) is 1. The fourth-order valence-electron chi connectivity index (χ4n) is 2.74. The Hall–Kier alpha value is -1.51. The monoisotopic (exact) mass is 249 g/mol. The molecule has 0 amide bonds. The number of hydrogen-bond acceptors (Lipinski definition) is 4. The molecule has 1 saturated carbocycles. The van der Waals surface area contributed by atoms with Gasteiger partial charge in [0.05, 0.1) is 0 Å². The third-order valence-corrected chi connectivity index (χ3v) is 3.76. The summed E-state index contributed by atoms with van der Waals surface area (Å²) in [5.74, 6) is 1.74. The normalized spacial score (nSPS) is 25.4. The third-order valence-electron chi connectivity index (χ3n) is 3.76. The zero-order chi connectivity index (χ0) is 13.5. The van der Waals surface area contributed by atoms with Crippen molar-refractivity contribution in [3.63, 3.8) is 0 Å². The lowest BCUT2D eigenvalue weighted by Crippen LogP contribution is -2.37. The lowest BCUT2D eigenvalue weighted by atomic mass is 9.61. The minimum Gasteiger partial charge on any atom is -0.396 e. The zero-order valence-corrected chi connectivity index (χ0v) is 10.8. The van der Waals surface area contributed by atoms with Crippen molar-refractivity contribution in [3.8, 4) is 0 Å². The van der Waals surface area contributed by atoms with Crippen LogP contribution in [0.15, 0.2) is 18.3 Å². The van der Waals surface area contributed by atoms with Gasteiger partial charge in [-0.2, -0.15) is 9.59 Å². The van der Waals surface area contributed by atoms with Gasteiger partial charge in [-0.25, -0.2) is 0 Å². The maximum atomic E-state index is 9.37. The van der Waals surface area contributed by atoms with E-state index in [1.807, 2.05) is 13.1 Å². The van der Waals surface area contributed by atoms with E-state index in [4.69, 9.17) is 9.59 Å². The van der Waals surface area contributed by atoms with Crippen LogP contribution in [0.4, 0.5) is 0 Å². The third kappa shape index (κ3) is 3.25. The summed E-state index contributed by atoms with van der Waals surface area (Å²) in [6.07, 6.45) is 4.54. The van der Waals surface area contributed by atoms with Crippen molar-refractivity contribution in [2.45, 2.75) is 32.6 Å². The molecular formula is C14H19NO3. The van der Waals surface area contributed by atoms with Gasteiger partial charge in [-0.3, -0.25) is 4.98 Å². The summed E-state index contributed by atoms with van der Waals surface area (Å²) in [4.78, 5) is 20.5. The molecule has 0 bridgehead atoms. The van der Waals surface area contributed by atoms with Crippen LogP contribution < -0.4 is 0 Å². The molecule has 0 aromatic carbocycles. The standard InChI is InChI=1S/C13H19NO.CO2/c1-3-10-7-12(13(10)8-15)11-4-5-14-9(2)6-11;2-1-3/h4-6,10,12-13,15H,3,7-8H2,1-2H3;/t10-,12-,13+;/m0./s1. The zero-order valence-electron chi connectivity index (χ0n) is 10.8. The molecule has 1 N–H and O–H groups in total. The van der Waals surface area contributed by atoms with Crippen LogP contribution in [-0.4, -0.2) is 22.8 Å². The van der Waals surface area contributed by atoms with Crippen molar-refractivity contribution in [1.82, 2.24) is 4.98 Å². The van der Waals surface area contributed by atoms with Gasteiger partial charge in [-0.05, 0) is 48.8 Å². The van der Waals surface area contributed by atoms with E-state index in [0.29, 0.717) is 24.4 Å². The van der Waals surface area contributed by atoms with Gasteiger partial charge in [-0.15, -0.1) is 0 Å². The molecule has 0 unspecified atom stereocenters. The molecule has 1 heterocycles. The van der Waals surface area contributed by atoms with Gasteiger partial charge >= 0.3 is 6.15 Å². The second kappa shape index (κ2) is 7.04. The fourth-order valence-corrected chi connectivity index (χ4v) is 2.74. The largest absolute Gasteiger partial charge is 0.396 e. The summed E-state index contributed by atoms with van der Waals surface area (Å²) in [5.41, 5.74) is 2.43. The Morgan fingerprint density at radius 1 is 1.50 bits per heavy atom. The van der Waals surface area contributed by atoms with Crippen LogP contribution in [0.5, 0.6) is 0 Å². The van der Waals surface area contributed by atoms with Crippen molar-refractivity contribution < 1.29 is 14.7 Å². The van der Waals surface area contributed by atoms with E-state index in [1.165, 1.54) is 18.4 Å². The van der Waals surface area contributed by atoms with Crippen LogP contribution in [0.1, 0.15) is 36.9 Å². The van der Waals surface area contributed by atoms with Gasteiger partial charge in [0.15, 0.2) is 0 Å². The molecule has 1 aliphatic carbocycles. The number of aromatic nitrogens is 1. The summed E-state index contributed by atoms with van der Waals surface area (Å²) in [7, 11) is 0. The average molecular weight is 249 g/mol. The van der Waals surface area contributed by atoms with Crippen molar-refractivity contribution in [1.29, 1.82) is 0 Å². The van der Waals surface area contributed by atoms with Gasteiger partial charge in [-0.1, -0.05) is 13.3 Å². The molecule has 1 fully saturated rings. The van der Waals surface area contributed by atoms with E-state index in [9.17, 15) is 5.11 Å². The number of aryl methyl sites for hydroxylation is 1. The van der Waals surface area contributed by atoms with Gasteiger partial charge < -0.3 is 5.11 Å². The van der Waals surface area contributed by atoms with Gasteiger partial charge in [0.25, 0.3) is 0 Å². The number of pyridine rings is 1. The number of aliphatic hydroxyl groups excluding tert-OH is 1. The molecular weight excluding hydrogens is 230 g/mol. The lowest BCUT2D eigenvalue weighted by Gasteiger charge is -2.44. The predicted octanol–water partition coefficient (Wildman–Crippen LogP) is 1.93. The van der Waals surface area contributed by atoms with Crippen molar-refractivity contribution in [3.05, 3.63) is 29.6 Å². The summed E-state index contributed by atoms with van der Waals surface area (Å²) in [6.45, 7) is 4.55. The van der Waals surface area contributed by atoms with Crippen LogP contribution >= 0.6 is 0 Å². The molecule has 1 aliphatic rings. The van der Waals surface area contributed by atoms with E-state index < -0.39 is 0 Å². The molecule has 0 spiro atoms. The molecule has 3 atom stereocenters. The Balaban J connectivity index is 0.000000492. The summed E-state index contributed by atoms with van der Waals surface area (Å²) < 4.78 is 0. The molecule has 4 heteroatoms. The number of nitrogens with zero attached hydrogens (tertiary/aromatic N) is 1. The van der Waals surface area contributed by atoms with E-state index >= 15 is 0 Å². The maximum absolute atomic E-state index is 9.37. The molecule has 0 aliphatic heterocycles. The Morgan fingerprint density at radius 2 is 2.17 bits per heavy atom. The smallest absolute Gasteiger partial charge is 0.373 e. The highest BCUT2D eigenvalue weighted by Crippen LogP contribution is 2.48. The molecule has 2 rings (SSSR count). The van der Waals surface area contributed by atoms with Crippen LogP contribution in [0.25, 0.3) is 0 Å². The first-order valence-electron chi connectivity index (χ1n) is 6.20. The first-order chi connectivity index (χ1) is 8.67. The van der Waals surface area contributed by atoms with Crippen LogP contribution in [0, 0.1) is 18.8 Å². The van der Waals surface area contributed by atoms with Crippen LogP contribution in [0.3, 0.4) is 0 Å². The first-order valence-corrected chi connectivity index (χ1v) is 6.20. The quantitative estimate of drug-likeness (QED) is 0.888. The molecule has 18 heavy (non-hydrogen) atoms. The number of aliphatic hydroxyl groups is 1. The van der Waals surface area contributed by atoms with E-state index in [1.54, 1.807) is 0 Å². The van der Waals surface area contributed by atoms with Crippen LogP contribution in [-0.2, 0) is 9.59 Å². The molecule has 4 nitrogen and oxygen atoms in total. The van der Waals surface area contributed by atoms with Crippen LogP contribution in [0.2, 0.25) is 0 Å². The predicted molar refractivity (Wildman–Crippen MR) is 65.7 cm³/mol. The Morgan fingerprint density at radius 3 is 2.67 bits per heavy atom.